The van der Waals surface area contributed by atoms with Gasteiger partial charge in [-0.25, -0.2) is 8.42 Å². The van der Waals surface area contributed by atoms with Crippen molar-refractivity contribution in [2.75, 3.05) is 31.2 Å². The molecule has 38 heavy (non-hydrogen) atoms. The van der Waals surface area contributed by atoms with Gasteiger partial charge in [-0.15, -0.1) is 0 Å². The number of rotatable bonds is 15. The third-order valence-corrected chi connectivity index (χ3v) is 7.61. The number of unbranched alkanes of at least 4 members (excludes halogenated alkanes) is 1. The summed E-state index contributed by atoms with van der Waals surface area (Å²) in [4.78, 5) is 0. The molecule has 0 aromatic heterocycles. The molecule has 206 valence electrons. The molecule has 0 saturated heterocycles. The van der Waals surface area contributed by atoms with E-state index in [9.17, 15) is 18.6 Å². The van der Waals surface area contributed by atoms with Gasteiger partial charge in [-0.1, -0.05) is 55.8 Å². The van der Waals surface area contributed by atoms with E-state index in [-0.39, 0.29) is 29.7 Å². The maximum absolute atomic E-state index is 12.3. The number of phenolic OH excluding ortho intramolecular Hbond substituents is 1. The molecule has 0 radical (unpaired) electrons. The van der Waals surface area contributed by atoms with Crippen molar-refractivity contribution >= 4 is 15.7 Å². The molecule has 0 aliphatic carbocycles. The van der Waals surface area contributed by atoms with E-state index >= 15 is 0 Å². The summed E-state index contributed by atoms with van der Waals surface area (Å²) in [6.07, 6.45) is 1.51. The highest BCUT2D eigenvalue weighted by atomic mass is 32.2. The topological polar surface area (TPSA) is 117 Å². The van der Waals surface area contributed by atoms with Gasteiger partial charge in [-0.2, -0.15) is 0 Å². The van der Waals surface area contributed by atoms with Gasteiger partial charge >= 0.3 is 0 Å². The SMILES string of the molecule is CCCCS(=O)(=O)Nc1cc(CC(O)CNC(Cc2ccccc2)c2ccc(OC)c(OC)c2)ccc1O. The van der Waals surface area contributed by atoms with Crippen molar-refractivity contribution in [1.82, 2.24) is 5.32 Å². The number of sulfonamides is 1. The van der Waals surface area contributed by atoms with Crippen molar-refractivity contribution in [2.45, 2.75) is 44.8 Å². The summed E-state index contributed by atoms with van der Waals surface area (Å²) in [5.74, 6) is 1.10. The number of hydrogen-bond donors (Lipinski definition) is 4. The zero-order valence-electron chi connectivity index (χ0n) is 22.2. The number of aromatic hydroxyl groups is 1. The number of ether oxygens (including phenoxy) is 2. The Bertz CT molecular complexity index is 1270. The van der Waals surface area contributed by atoms with E-state index in [0.29, 0.717) is 36.4 Å². The summed E-state index contributed by atoms with van der Waals surface area (Å²) in [5, 5.41) is 24.5. The van der Waals surface area contributed by atoms with Gasteiger partial charge in [-0.05, 0) is 60.2 Å². The van der Waals surface area contributed by atoms with Crippen LogP contribution in [-0.2, 0) is 22.9 Å². The predicted molar refractivity (Wildman–Crippen MR) is 151 cm³/mol. The first-order chi connectivity index (χ1) is 18.2. The Morgan fingerprint density at radius 3 is 2.32 bits per heavy atom. The van der Waals surface area contributed by atoms with E-state index in [1.807, 2.05) is 43.3 Å². The molecule has 2 unspecified atom stereocenters. The van der Waals surface area contributed by atoms with Gasteiger partial charge in [0.05, 0.1) is 31.8 Å². The normalized spacial score (nSPS) is 13.1. The average Bonchev–Trinajstić information content (AvgIpc) is 2.91. The van der Waals surface area contributed by atoms with E-state index in [4.69, 9.17) is 9.47 Å². The molecule has 3 aromatic rings. The van der Waals surface area contributed by atoms with Crippen molar-refractivity contribution < 1.29 is 28.1 Å². The van der Waals surface area contributed by atoms with Gasteiger partial charge in [0.25, 0.3) is 0 Å². The Morgan fingerprint density at radius 1 is 0.895 bits per heavy atom. The third-order valence-electron chi connectivity index (χ3n) is 6.26. The maximum Gasteiger partial charge on any atom is 0.232 e. The lowest BCUT2D eigenvalue weighted by molar-refractivity contribution is 0.167. The zero-order valence-corrected chi connectivity index (χ0v) is 23.0. The number of phenols is 1. The van der Waals surface area contributed by atoms with Crippen LogP contribution in [0.2, 0.25) is 0 Å². The largest absolute Gasteiger partial charge is 0.506 e. The van der Waals surface area contributed by atoms with Crippen LogP contribution in [0, 0.1) is 0 Å². The molecule has 0 bridgehead atoms. The van der Waals surface area contributed by atoms with Gasteiger partial charge in [0, 0.05) is 12.6 Å². The Morgan fingerprint density at radius 2 is 1.63 bits per heavy atom. The van der Waals surface area contributed by atoms with E-state index < -0.39 is 16.1 Å². The molecule has 2 atom stereocenters. The van der Waals surface area contributed by atoms with E-state index in [1.54, 1.807) is 26.4 Å². The van der Waals surface area contributed by atoms with Crippen molar-refractivity contribution in [2.24, 2.45) is 0 Å². The molecule has 4 N–H and O–H groups in total. The molecule has 9 heteroatoms. The molecule has 0 heterocycles. The Labute approximate surface area is 225 Å². The minimum Gasteiger partial charge on any atom is -0.506 e. The van der Waals surface area contributed by atoms with Gasteiger partial charge in [0.1, 0.15) is 5.75 Å². The standard InChI is InChI=1S/C29H38N2O6S/c1-4-5-15-38(34,35)31-26-18-22(11-13-27(26)33)16-24(32)20-30-25(17-21-9-7-6-8-10-21)23-12-14-28(36-2)29(19-23)37-3/h6-14,18-19,24-25,30-33H,4-5,15-17,20H2,1-3H3. The molecule has 8 nitrogen and oxygen atoms in total. The lowest BCUT2D eigenvalue weighted by Crippen LogP contribution is -2.32. The van der Waals surface area contributed by atoms with Crippen LogP contribution >= 0.6 is 0 Å². The van der Waals surface area contributed by atoms with Crippen molar-refractivity contribution in [1.29, 1.82) is 0 Å². The first kappa shape index (κ1) is 29.3. The van der Waals surface area contributed by atoms with Gasteiger partial charge in [0.15, 0.2) is 11.5 Å². The smallest absolute Gasteiger partial charge is 0.232 e. The zero-order chi connectivity index (χ0) is 27.5. The summed E-state index contributed by atoms with van der Waals surface area (Å²) in [6.45, 7) is 2.21. The first-order valence-corrected chi connectivity index (χ1v) is 14.4. The van der Waals surface area contributed by atoms with Crippen molar-refractivity contribution in [3.63, 3.8) is 0 Å². The maximum atomic E-state index is 12.3. The molecule has 0 saturated carbocycles. The lowest BCUT2D eigenvalue weighted by atomic mass is 9.97. The average molecular weight is 543 g/mol. The minimum atomic E-state index is -3.56. The van der Waals surface area contributed by atoms with E-state index in [2.05, 4.69) is 22.2 Å². The van der Waals surface area contributed by atoms with E-state index in [0.717, 1.165) is 17.5 Å². The Kier molecular flexibility index (Phi) is 10.8. The Balaban J connectivity index is 1.71. The second-order valence-electron chi connectivity index (χ2n) is 9.25. The summed E-state index contributed by atoms with van der Waals surface area (Å²) in [5.41, 5.74) is 2.96. The second-order valence-corrected chi connectivity index (χ2v) is 11.1. The van der Waals surface area contributed by atoms with Crippen molar-refractivity contribution in [3.05, 3.63) is 83.4 Å². The fourth-order valence-corrected chi connectivity index (χ4v) is 5.46. The predicted octanol–water partition coefficient (Wildman–Crippen LogP) is 4.43. The molecule has 0 spiro atoms. The van der Waals surface area contributed by atoms with E-state index in [1.165, 1.54) is 6.07 Å². The summed E-state index contributed by atoms with van der Waals surface area (Å²) >= 11 is 0. The van der Waals surface area contributed by atoms with Crippen LogP contribution in [0.1, 0.15) is 42.5 Å². The molecule has 0 aliphatic heterocycles. The summed E-state index contributed by atoms with van der Waals surface area (Å²) < 4.78 is 37.9. The monoisotopic (exact) mass is 542 g/mol. The fourth-order valence-electron chi connectivity index (χ4n) is 4.19. The van der Waals surface area contributed by atoms with Gasteiger partial charge < -0.3 is 25.0 Å². The molecule has 0 aliphatic rings. The molecule has 0 amide bonds. The second kappa shape index (κ2) is 14.0. The van der Waals surface area contributed by atoms with Crippen LogP contribution < -0.4 is 19.5 Å². The first-order valence-electron chi connectivity index (χ1n) is 12.7. The van der Waals surface area contributed by atoms with Crippen LogP contribution in [0.3, 0.4) is 0 Å². The van der Waals surface area contributed by atoms with Crippen LogP contribution in [-0.4, -0.2) is 51.3 Å². The number of nitrogens with one attached hydrogen (secondary N) is 2. The minimum absolute atomic E-state index is 0.0152. The number of aliphatic hydroxyl groups is 1. The Hall–Kier alpha value is -3.27. The number of anilines is 1. The molecule has 0 fully saturated rings. The number of hydrogen-bond acceptors (Lipinski definition) is 7. The highest BCUT2D eigenvalue weighted by molar-refractivity contribution is 7.92. The molecular weight excluding hydrogens is 504 g/mol. The van der Waals surface area contributed by atoms with Crippen LogP contribution in [0.4, 0.5) is 5.69 Å². The highest BCUT2D eigenvalue weighted by Crippen LogP contribution is 2.31. The van der Waals surface area contributed by atoms with Crippen LogP contribution in [0.5, 0.6) is 17.2 Å². The molecule has 3 rings (SSSR count). The summed E-state index contributed by atoms with van der Waals surface area (Å²) in [6, 6.07) is 20.4. The van der Waals surface area contributed by atoms with Gasteiger partial charge in [-0.3, -0.25) is 4.72 Å². The lowest BCUT2D eigenvalue weighted by Gasteiger charge is -2.23. The van der Waals surface area contributed by atoms with Gasteiger partial charge in [0.2, 0.25) is 10.0 Å². The highest BCUT2D eigenvalue weighted by Gasteiger charge is 2.18. The summed E-state index contributed by atoms with van der Waals surface area (Å²) in [7, 11) is -0.368. The number of benzene rings is 3. The molecular formula is C29H38N2O6S. The van der Waals surface area contributed by atoms with Crippen molar-refractivity contribution in [3.8, 4) is 17.2 Å². The van der Waals surface area contributed by atoms with Crippen LogP contribution in [0.15, 0.2) is 66.7 Å². The third kappa shape index (κ3) is 8.65. The fraction of sp³-hybridized carbons (Fsp3) is 0.379. The molecule has 3 aromatic carbocycles. The number of methoxy groups -OCH3 is 2. The quantitative estimate of drug-likeness (QED) is 0.210. The van der Waals surface area contributed by atoms with Crippen LogP contribution in [0.25, 0.3) is 0 Å². The number of aliphatic hydroxyl groups excluding tert-OH is 1.